The fourth-order valence-electron chi connectivity index (χ4n) is 1.50. The van der Waals surface area contributed by atoms with Crippen molar-refractivity contribution in [1.29, 1.82) is 0 Å². The summed E-state index contributed by atoms with van der Waals surface area (Å²) in [5, 5.41) is 0. The van der Waals surface area contributed by atoms with E-state index in [0.29, 0.717) is 18.2 Å². The third-order valence-corrected chi connectivity index (χ3v) is 2.22. The van der Waals surface area contributed by atoms with Crippen molar-refractivity contribution in [2.45, 2.75) is 13.8 Å². The lowest BCUT2D eigenvalue weighted by Crippen LogP contribution is -1.99. The Morgan fingerprint density at radius 1 is 1.35 bits per heavy atom. The van der Waals surface area contributed by atoms with Crippen LogP contribution in [0.1, 0.15) is 19.4 Å². The Morgan fingerprint density at radius 2 is 2.06 bits per heavy atom. The first kappa shape index (κ1) is 11.4. The number of cyclic esters (lactones) is 1. The van der Waals surface area contributed by atoms with Gasteiger partial charge in [-0.3, -0.25) is 0 Å². The van der Waals surface area contributed by atoms with E-state index in [1.807, 2.05) is 31.2 Å². The van der Waals surface area contributed by atoms with Crippen molar-refractivity contribution in [1.82, 2.24) is 0 Å². The van der Waals surface area contributed by atoms with E-state index in [1.165, 1.54) is 0 Å². The van der Waals surface area contributed by atoms with Gasteiger partial charge in [-0.2, -0.15) is 0 Å². The standard InChI is InChI=1S/C13H13NO3/c1-3-16-11-6-4-10(5-7-11)8-12-13(15)17-9(2)14-12/h4-8H,3H2,1-2H3/b12-8-. The summed E-state index contributed by atoms with van der Waals surface area (Å²) >= 11 is 0. The lowest BCUT2D eigenvalue weighted by atomic mass is 10.2. The monoisotopic (exact) mass is 231 g/mol. The van der Waals surface area contributed by atoms with E-state index in [4.69, 9.17) is 9.47 Å². The molecule has 0 unspecified atom stereocenters. The van der Waals surface area contributed by atoms with Crippen LogP contribution in [-0.2, 0) is 9.53 Å². The number of rotatable bonds is 3. The van der Waals surface area contributed by atoms with Crippen LogP contribution in [0.25, 0.3) is 6.08 Å². The van der Waals surface area contributed by atoms with Crippen LogP contribution in [0.4, 0.5) is 0 Å². The molecule has 0 saturated heterocycles. The summed E-state index contributed by atoms with van der Waals surface area (Å²) in [6, 6.07) is 7.45. The molecule has 0 fully saturated rings. The molecule has 2 rings (SSSR count). The molecule has 1 heterocycles. The maximum Gasteiger partial charge on any atom is 0.363 e. The van der Waals surface area contributed by atoms with Gasteiger partial charge in [-0.05, 0) is 30.7 Å². The van der Waals surface area contributed by atoms with E-state index >= 15 is 0 Å². The molecule has 0 atom stereocenters. The second-order valence-corrected chi connectivity index (χ2v) is 3.55. The molecule has 4 nitrogen and oxygen atoms in total. The fraction of sp³-hybridized carbons (Fsp3) is 0.231. The largest absolute Gasteiger partial charge is 0.494 e. The number of hydrogen-bond donors (Lipinski definition) is 0. The maximum absolute atomic E-state index is 11.3. The Kier molecular flexibility index (Phi) is 3.23. The topological polar surface area (TPSA) is 47.9 Å². The van der Waals surface area contributed by atoms with Crippen LogP contribution in [0, 0.1) is 0 Å². The van der Waals surface area contributed by atoms with Crippen LogP contribution in [0.2, 0.25) is 0 Å². The van der Waals surface area contributed by atoms with Crippen molar-refractivity contribution in [3.8, 4) is 5.75 Å². The molecule has 1 aromatic carbocycles. The van der Waals surface area contributed by atoms with Gasteiger partial charge in [0.2, 0.25) is 0 Å². The van der Waals surface area contributed by atoms with Gasteiger partial charge < -0.3 is 9.47 Å². The summed E-state index contributed by atoms with van der Waals surface area (Å²) in [5.41, 5.74) is 1.21. The molecule has 1 aromatic rings. The minimum Gasteiger partial charge on any atom is -0.494 e. The van der Waals surface area contributed by atoms with Crippen molar-refractivity contribution >= 4 is 17.9 Å². The third-order valence-electron chi connectivity index (χ3n) is 2.22. The highest BCUT2D eigenvalue weighted by Crippen LogP contribution is 2.18. The van der Waals surface area contributed by atoms with Gasteiger partial charge >= 0.3 is 5.97 Å². The number of carbonyl (C=O) groups is 1. The second-order valence-electron chi connectivity index (χ2n) is 3.55. The average molecular weight is 231 g/mol. The van der Waals surface area contributed by atoms with Crippen LogP contribution in [0.5, 0.6) is 5.75 Å². The Morgan fingerprint density at radius 3 is 2.59 bits per heavy atom. The van der Waals surface area contributed by atoms with Gasteiger partial charge in [0, 0.05) is 6.92 Å². The first-order valence-corrected chi connectivity index (χ1v) is 5.41. The molecule has 0 N–H and O–H groups in total. The molecule has 4 heteroatoms. The molecule has 88 valence electrons. The van der Waals surface area contributed by atoms with E-state index in [2.05, 4.69) is 4.99 Å². The number of nitrogens with zero attached hydrogens (tertiary/aromatic N) is 1. The van der Waals surface area contributed by atoms with Gasteiger partial charge in [0.05, 0.1) is 6.61 Å². The zero-order chi connectivity index (χ0) is 12.3. The highest BCUT2D eigenvalue weighted by Gasteiger charge is 2.19. The summed E-state index contributed by atoms with van der Waals surface area (Å²) in [4.78, 5) is 15.3. The van der Waals surface area contributed by atoms with Crippen LogP contribution in [0.3, 0.4) is 0 Å². The zero-order valence-electron chi connectivity index (χ0n) is 9.77. The summed E-state index contributed by atoms with van der Waals surface area (Å²) in [5.74, 6) is 0.784. The smallest absolute Gasteiger partial charge is 0.363 e. The molecule has 17 heavy (non-hydrogen) atoms. The first-order valence-electron chi connectivity index (χ1n) is 5.41. The van der Waals surface area contributed by atoms with Crippen molar-refractivity contribution in [3.63, 3.8) is 0 Å². The maximum atomic E-state index is 11.3. The second kappa shape index (κ2) is 4.82. The number of carbonyl (C=O) groups excluding carboxylic acids is 1. The SMILES string of the molecule is CCOc1ccc(/C=C2\N=C(C)OC2=O)cc1. The van der Waals surface area contributed by atoms with Crippen molar-refractivity contribution in [2.24, 2.45) is 4.99 Å². The normalized spacial score (nSPS) is 16.9. The predicted octanol–water partition coefficient (Wildman–Crippen LogP) is 2.40. The molecule has 0 aliphatic carbocycles. The molecule has 0 saturated carbocycles. The molecule has 1 aliphatic rings. The highest BCUT2D eigenvalue weighted by atomic mass is 16.6. The molecule has 0 bridgehead atoms. The molecule has 0 amide bonds. The average Bonchev–Trinajstić information content (AvgIpc) is 2.61. The number of hydrogen-bond acceptors (Lipinski definition) is 4. The van der Waals surface area contributed by atoms with Gasteiger partial charge in [0.15, 0.2) is 11.6 Å². The number of aliphatic imine (C=N–C) groups is 1. The van der Waals surface area contributed by atoms with Gasteiger partial charge in [-0.15, -0.1) is 0 Å². The number of esters is 1. The molecule has 0 spiro atoms. The molecule has 1 aliphatic heterocycles. The minimum atomic E-state index is -0.406. The third kappa shape index (κ3) is 2.72. The molecular formula is C13H13NO3. The Hall–Kier alpha value is -2.10. The minimum absolute atomic E-state index is 0.326. The summed E-state index contributed by atoms with van der Waals surface area (Å²) in [7, 11) is 0. The van der Waals surface area contributed by atoms with Gasteiger partial charge in [-0.25, -0.2) is 9.79 Å². The fourth-order valence-corrected chi connectivity index (χ4v) is 1.50. The first-order chi connectivity index (χ1) is 8.19. The Bertz CT molecular complexity index is 486. The van der Waals surface area contributed by atoms with Gasteiger partial charge in [0.1, 0.15) is 5.75 Å². The van der Waals surface area contributed by atoms with Crippen molar-refractivity contribution < 1.29 is 14.3 Å². The van der Waals surface area contributed by atoms with Crippen LogP contribution >= 0.6 is 0 Å². The lowest BCUT2D eigenvalue weighted by molar-refractivity contribution is -0.130. The van der Waals surface area contributed by atoms with Crippen LogP contribution < -0.4 is 4.74 Å². The van der Waals surface area contributed by atoms with E-state index in [9.17, 15) is 4.79 Å². The zero-order valence-corrected chi connectivity index (χ0v) is 9.77. The number of ether oxygens (including phenoxy) is 2. The summed E-state index contributed by atoms with van der Waals surface area (Å²) in [6.07, 6.45) is 1.69. The predicted molar refractivity (Wildman–Crippen MR) is 64.8 cm³/mol. The van der Waals surface area contributed by atoms with Crippen molar-refractivity contribution in [3.05, 3.63) is 35.5 Å². The van der Waals surface area contributed by atoms with Gasteiger partial charge in [0.25, 0.3) is 0 Å². The Balaban J connectivity index is 2.19. The number of benzene rings is 1. The van der Waals surface area contributed by atoms with Crippen LogP contribution in [-0.4, -0.2) is 18.5 Å². The highest BCUT2D eigenvalue weighted by molar-refractivity contribution is 6.06. The van der Waals surface area contributed by atoms with E-state index in [1.54, 1.807) is 13.0 Å². The molecule has 0 aromatic heterocycles. The van der Waals surface area contributed by atoms with E-state index < -0.39 is 5.97 Å². The van der Waals surface area contributed by atoms with E-state index in [0.717, 1.165) is 11.3 Å². The lowest BCUT2D eigenvalue weighted by Gasteiger charge is -2.02. The Labute approximate surface area is 99.6 Å². The van der Waals surface area contributed by atoms with Crippen molar-refractivity contribution in [2.75, 3.05) is 6.61 Å². The molecular weight excluding hydrogens is 218 g/mol. The summed E-state index contributed by atoms with van der Waals surface area (Å²) < 4.78 is 10.2. The van der Waals surface area contributed by atoms with E-state index in [-0.39, 0.29) is 0 Å². The quantitative estimate of drug-likeness (QED) is 0.592. The van der Waals surface area contributed by atoms with Crippen LogP contribution in [0.15, 0.2) is 35.0 Å². The summed E-state index contributed by atoms with van der Waals surface area (Å²) in [6.45, 7) is 4.22. The molecule has 0 radical (unpaired) electrons. The van der Waals surface area contributed by atoms with Gasteiger partial charge in [-0.1, -0.05) is 12.1 Å².